The molecule has 0 fully saturated rings. The highest BCUT2D eigenvalue weighted by molar-refractivity contribution is 6.31. The summed E-state index contributed by atoms with van der Waals surface area (Å²) in [6.07, 6.45) is 0. The van der Waals surface area contributed by atoms with Crippen LogP contribution >= 0.6 is 11.6 Å². The third-order valence-electron chi connectivity index (χ3n) is 2.33. The summed E-state index contributed by atoms with van der Waals surface area (Å²) < 4.78 is 5.22. The normalized spacial score (nSPS) is 10.5. The van der Waals surface area contributed by atoms with Gasteiger partial charge in [-0.25, -0.2) is 0 Å². The van der Waals surface area contributed by atoms with Gasteiger partial charge in [-0.15, -0.1) is 0 Å². The molecule has 0 aromatic heterocycles. The number of ether oxygens (including phenoxy) is 1. The van der Waals surface area contributed by atoms with Gasteiger partial charge in [-0.2, -0.15) is 0 Å². The van der Waals surface area contributed by atoms with Crippen LogP contribution in [0.2, 0.25) is 5.02 Å². The third-order valence-corrected chi connectivity index (χ3v) is 2.69. The second-order valence-electron chi connectivity index (χ2n) is 4.25. The Morgan fingerprint density at radius 1 is 1.44 bits per heavy atom. The molecule has 0 radical (unpaired) electrons. The molecule has 1 rings (SSSR count). The van der Waals surface area contributed by atoms with Gasteiger partial charge in [-0.1, -0.05) is 17.7 Å². The van der Waals surface area contributed by atoms with E-state index in [1.807, 2.05) is 26.0 Å². The molecule has 0 aliphatic carbocycles. The molecule has 0 spiro atoms. The van der Waals surface area contributed by atoms with Crippen molar-refractivity contribution in [1.29, 1.82) is 0 Å². The minimum atomic E-state index is -0.0315. The fourth-order valence-electron chi connectivity index (χ4n) is 1.58. The molecule has 0 saturated carbocycles. The summed E-state index contributed by atoms with van der Waals surface area (Å²) >= 11 is 6.09. The van der Waals surface area contributed by atoms with Crippen LogP contribution in [0.5, 0.6) is 5.75 Å². The molecule has 0 saturated heterocycles. The van der Waals surface area contributed by atoms with Gasteiger partial charge in [0, 0.05) is 23.2 Å². The minimum Gasteiger partial charge on any atom is -0.496 e. The molecule has 2 N–H and O–H groups in total. The number of rotatable bonds is 6. The average Bonchev–Trinajstić information content (AvgIpc) is 2.30. The summed E-state index contributed by atoms with van der Waals surface area (Å²) in [7, 11) is 1.60. The lowest BCUT2D eigenvalue weighted by Crippen LogP contribution is -2.37. The second kappa shape index (κ2) is 7.24. The van der Waals surface area contributed by atoms with Crippen LogP contribution in [0.25, 0.3) is 0 Å². The van der Waals surface area contributed by atoms with Gasteiger partial charge in [0.05, 0.1) is 13.7 Å². The van der Waals surface area contributed by atoms with Crippen molar-refractivity contribution in [3.63, 3.8) is 0 Å². The first kappa shape index (κ1) is 14.8. The predicted molar refractivity (Wildman–Crippen MR) is 73.0 cm³/mol. The minimum absolute atomic E-state index is 0.0315. The van der Waals surface area contributed by atoms with Gasteiger partial charge >= 0.3 is 0 Å². The molecule has 0 unspecified atom stereocenters. The molecule has 0 atom stereocenters. The Bertz CT molecular complexity index is 408. The van der Waals surface area contributed by atoms with Crippen molar-refractivity contribution < 1.29 is 9.53 Å². The lowest BCUT2D eigenvalue weighted by atomic mass is 10.2. The largest absolute Gasteiger partial charge is 0.496 e. The molecule has 4 nitrogen and oxygen atoms in total. The van der Waals surface area contributed by atoms with Gasteiger partial charge in [0.25, 0.3) is 0 Å². The first-order chi connectivity index (χ1) is 8.54. The average molecular weight is 271 g/mol. The SMILES string of the molecule is COc1cccc(Cl)c1CNCC(=O)NC(C)C. The number of hydrogen-bond donors (Lipinski definition) is 2. The summed E-state index contributed by atoms with van der Waals surface area (Å²) in [5.41, 5.74) is 0.860. The molecule has 1 aromatic carbocycles. The first-order valence-electron chi connectivity index (χ1n) is 5.86. The lowest BCUT2D eigenvalue weighted by Gasteiger charge is -2.12. The summed E-state index contributed by atoms with van der Waals surface area (Å²) in [6.45, 7) is 4.60. The van der Waals surface area contributed by atoms with E-state index in [0.717, 1.165) is 11.3 Å². The van der Waals surface area contributed by atoms with E-state index in [9.17, 15) is 4.79 Å². The lowest BCUT2D eigenvalue weighted by molar-refractivity contribution is -0.120. The molecule has 1 amide bonds. The van der Waals surface area contributed by atoms with E-state index in [4.69, 9.17) is 16.3 Å². The van der Waals surface area contributed by atoms with Crippen molar-refractivity contribution >= 4 is 17.5 Å². The fourth-order valence-corrected chi connectivity index (χ4v) is 1.81. The van der Waals surface area contributed by atoms with E-state index in [0.29, 0.717) is 11.6 Å². The number of nitrogens with one attached hydrogen (secondary N) is 2. The Labute approximate surface area is 113 Å². The van der Waals surface area contributed by atoms with Crippen molar-refractivity contribution in [1.82, 2.24) is 10.6 Å². The quantitative estimate of drug-likeness (QED) is 0.831. The zero-order valence-electron chi connectivity index (χ0n) is 10.9. The van der Waals surface area contributed by atoms with Crippen molar-refractivity contribution in [3.05, 3.63) is 28.8 Å². The van der Waals surface area contributed by atoms with Crippen molar-refractivity contribution in [2.45, 2.75) is 26.4 Å². The van der Waals surface area contributed by atoms with Crippen LogP contribution in [0.3, 0.4) is 0 Å². The maximum atomic E-state index is 11.4. The molecule has 0 heterocycles. The maximum absolute atomic E-state index is 11.4. The third kappa shape index (κ3) is 4.55. The molecule has 1 aromatic rings. The summed E-state index contributed by atoms with van der Waals surface area (Å²) in [4.78, 5) is 11.4. The Balaban J connectivity index is 2.51. The standard InChI is InChI=1S/C13H19ClN2O2/c1-9(2)16-13(17)8-15-7-10-11(14)5-4-6-12(10)18-3/h4-6,9,15H,7-8H2,1-3H3,(H,16,17). The molecule has 100 valence electrons. The molecule has 0 bridgehead atoms. The topological polar surface area (TPSA) is 50.4 Å². The first-order valence-corrected chi connectivity index (χ1v) is 6.24. The van der Waals surface area contributed by atoms with Gasteiger partial charge in [0.2, 0.25) is 5.91 Å². The maximum Gasteiger partial charge on any atom is 0.234 e. The van der Waals surface area contributed by atoms with Crippen LogP contribution in [0.1, 0.15) is 19.4 Å². The molecule has 18 heavy (non-hydrogen) atoms. The van der Waals surface area contributed by atoms with Gasteiger partial charge in [0.1, 0.15) is 5.75 Å². The van der Waals surface area contributed by atoms with Crippen LogP contribution in [-0.4, -0.2) is 25.6 Å². The molecule has 5 heteroatoms. The van der Waals surface area contributed by atoms with E-state index in [1.165, 1.54) is 0 Å². The van der Waals surface area contributed by atoms with Crippen molar-refractivity contribution in [2.75, 3.05) is 13.7 Å². The Hall–Kier alpha value is -1.26. The zero-order valence-corrected chi connectivity index (χ0v) is 11.7. The number of carbonyl (C=O) groups excluding carboxylic acids is 1. The Morgan fingerprint density at radius 3 is 2.78 bits per heavy atom. The van der Waals surface area contributed by atoms with E-state index in [2.05, 4.69) is 10.6 Å². The van der Waals surface area contributed by atoms with E-state index >= 15 is 0 Å². The Kier molecular flexibility index (Phi) is 5.95. The van der Waals surface area contributed by atoms with Crippen LogP contribution in [0, 0.1) is 0 Å². The van der Waals surface area contributed by atoms with E-state index in [1.54, 1.807) is 13.2 Å². The van der Waals surface area contributed by atoms with Crippen LogP contribution in [0.4, 0.5) is 0 Å². The monoisotopic (exact) mass is 270 g/mol. The fraction of sp³-hybridized carbons (Fsp3) is 0.462. The van der Waals surface area contributed by atoms with Crippen LogP contribution < -0.4 is 15.4 Å². The molecular formula is C13H19ClN2O2. The van der Waals surface area contributed by atoms with E-state index < -0.39 is 0 Å². The van der Waals surface area contributed by atoms with Crippen LogP contribution in [-0.2, 0) is 11.3 Å². The molecule has 0 aliphatic rings. The van der Waals surface area contributed by atoms with Crippen molar-refractivity contribution in [3.8, 4) is 5.75 Å². The van der Waals surface area contributed by atoms with E-state index in [-0.39, 0.29) is 18.5 Å². The number of hydrogen-bond acceptors (Lipinski definition) is 3. The van der Waals surface area contributed by atoms with Gasteiger partial charge in [-0.05, 0) is 26.0 Å². The highest BCUT2D eigenvalue weighted by Gasteiger charge is 2.08. The number of halogens is 1. The van der Waals surface area contributed by atoms with Crippen molar-refractivity contribution in [2.24, 2.45) is 0 Å². The Morgan fingerprint density at radius 2 is 2.17 bits per heavy atom. The number of methoxy groups -OCH3 is 1. The highest BCUT2D eigenvalue weighted by atomic mass is 35.5. The summed E-state index contributed by atoms with van der Waals surface area (Å²) in [6, 6.07) is 5.62. The number of carbonyl (C=O) groups is 1. The van der Waals surface area contributed by atoms with Gasteiger partial charge < -0.3 is 15.4 Å². The second-order valence-corrected chi connectivity index (χ2v) is 4.65. The predicted octanol–water partition coefficient (Wildman–Crippen LogP) is 1.96. The molecule has 0 aliphatic heterocycles. The zero-order chi connectivity index (χ0) is 13.5. The highest BCUT2D eigenvalue weighted by Crippen LogP contribution is 2.25. The van der Waals surface area contributed by atoms with Gasteiger partial charge in [0.15, 0.2) is 0 Å². The summed E-state index contributed by atoms with van der Waals surface area (Å²) in [5.74, 6) is 0.690. The smallest absolute Gasteiger partial charge is 0.234 e. The van der Waals surface area contributed by atoms with Crippen LogP contribution in [0.15, 0.2) is 18.2 Å². The molecular weight excluding hydrogens is 252 g/mol. The number of amides is 1. The number of benzene rings is 1. The van der Waals surface area contributed by atoms with Gasteiger partial charge in [-0.3, -0.25) is 4.79 Å². The summed E-state index contributed by atoms with van der Waals surface area (Å²) in [5, 5.41) is 6.48.